The van der Waals surface area contributed by atoms with Crippen molar-refractivity contribution in [2.45, 2.75) is 24.0 Å². The lowest BCUT2D eigenvalue weighted by molar-refractivity contribution is 0.0231. The van der Waals surface area contributed by atoms with Gasteiger partial charge >= 0.3 is 0 Å². The first kappa shape index (κ1) is 18.3. The first-order chi connectivity index (χ1) is 14.8. The Morgan fingerprint density at radius 1 is 0.700 bits per heavy atom. The van der Waals surface area contributed by atoms with E-state index in [1.54, 1.807) is 0 Å². The lowest BCUT2D eigenvalue weighted by Gasteiger charge is -2.48. The van der Waals surface area contributed by atoms with Gasteiger partial charge in [0.25, 0.3) is 0 Å². The molecule has 0 saturated carbocycles. The van der Waals surface area contributed by atoms with Gasteiger partial charge in [-0.3, -0.25) is 4.90 Å². The average Bonchev–Trinajstić information content (AvgIpc) is 3.25. The molecule has 1 saturated heterocycles. The van der Waals surface area contributed by atoms with Crippen molar-refractivity contribution in [2.24, 2.45) is 11.8 Å². The van der Waals surface area contributed by atoms with E-state index in [9.17, 15) is 10.2 Å². The molecule has 3 aromatic rings. The Kier molecular flexibility index (Phi) is 4.31. The SMILES string of the molecule is OC[C@@H]([C@@H](O)c1ccccc1)N1CC2C3c4ccccc4C(c4ccccc43)C2C1. The zero-order chi connectivity index (χ0) is 20.2. The van der Waals surface area contributed by atoms with E-state index in [-0.39, 0.29) is 12.6 Å². The van der Waals surface area contributed by atoms with Crippen molar-refractivity contribution in [2.75, 3.05) is 19.7 Å². The van der Waals surface area contributed by atoms with Crippen LogP contribution in [-0.2, 0) is 0 Å². The van der Waals surface area contributed by atoms with E-state index in [2.05, 4.69) is 53.4 Å². The predicted octanol–water partition coefficient (Wildman–Crippen LogP) is 3.92. The smallest absolute Gasteiger partial charge is 0.0967 e. The van der Waals surface area contributed by atoms with Crippen molar-refractivity contribution < 1.29 is 10.2 Å². The monoisotopic (exact) mass is 397 g/mol. The largest absolute Gasteiger partial charge is 0.395 e. The normalized spacial score (nSPS) is 28.5. The zero-order valence-electron chi connectivity index (χ0n) is 16.9. The Labute approximate surface area is 177 Å². The third-order valence-electron chi connectivity index (χ3n) is 7.79. The number of aliphatic hydroxyl groups excluding tert-OH is 2. The molecule has 2 bridgehead atoms. The second-order valence-electron chi connectivity index (χ2n) is 9.10. The standard InChI is InChI=1S/C27H27NO2/c29-16-24(27(30)17-8-2-1-3-9-17)28-14-22-23(15-28)26-19-11-5-4-10-18(19)25(22)20-12-6-7-13-21(20)26/h1-13,22-27,29-30H,14-16H2/t22?,23?,24-,25?,26?,27-/m0/s1. The van der Waals surface area contributed by atoms with Crippen molar-refractivity contribution >= 4 is 0 Å². The Bertz CT molecular complexity index is 960. The third kappa shape index (κ3) is 2.56. The van der Waals surface area contributed by atoms with Crippen LogP contribution in [0.3, 0.4) is 0 Å². The van der Waals surface area contributed by atoms with Crippen LogP contribution in [0.15, 0.2) is 78.9 Å². The van der Waals surface area contributed by atoms with Gasteiger partial charge in [-0.1, -0.05) is 78.9 Å². The number of hydrogen-bond acceptors (Lipinski definition) is 3. The zero-order valence-corrected chi connectivity index (χ0v) is 16.9. The summed E-state index contributed by atoms with van der Waals surface area (Å²) in [5.74, 6) is 1.87. The minimum atomic E-state index is -0.682. The molecule has 1 aliphatic heterocycles. The molecular weight excluding hydrogens is 370 g/mol. The van der Waals surface area contributed by atoms with E-state index in [0.717, 1.165) is 18.7 Å². The van der Waals surface area contributed by atoms with E-state index in [1.165, 1.54) is 22.3 Å². The number of aliphatic hydroxyl groups is 2. The molecule has 3 heteroatoms. The summed E-state index contributed by atoms with van der Waals surface area (Å²) in [4.78, 5) is 2.35. The van der Waals surface area contributed by atoms with Crippen molar-refractivity contribution in [3.63, 3.8) is 0 Å². The van der Waals surface area contributed by atoms with Crippen molar-refractivity contribution in [1.82, 2.24) is 4.90 Å². The fraction of sp³-hybridized carbons (Fsp3) is 0.333. The van der Waals surface area contributed by atoms with Gasteiger partial charge in [-0.2, -0.15) is 0 Å². The van der Waals surface area contributed by atoms with Crippen molar-refractivity contribution in [3.8, 4) is 0 Å². The molecule has 3 nitrogen and oxygen atoms in total. The van der Waals surface area contributed by atoms with Gasteiger partial charge in [0.05, 0.1) is 18.8 Å². The predicted molar refractivity (Wildman–Crippen MR) is 117 cm³/mol. The molecule has 4 atom stereocenters. The van der Waals surface area contributed by atoms with Crippen LogP contribution in [0.25, 0.3) is 0 Å². The minimum absolute atomic E-state index is 0.0370. The van der Waals surface area contributed by atoms with Crippen molar-refractivity contribution in [1.29, 1.82) is 0 Å². The molecule has 1 fully saturated rings. The maximum absolute atomic E-state index is 11.1. The summed E-state index contributed by atoms with van der Waals surface area (Å²) in [6.45, 7) is 1.80. The summed E-state index contributed by atoms with van der Waals surface area (Å²) in [5, 5.41) is 21.3. The highest BCUT2D eigenvalue weighted by Gasteiger charge is 2.54. The molecule has 7 rings (SSSR count). The molecule has 0 radical (unpaired) electrons. The fourth-order valence-corrected chi connectivity index (χ4v) is 6.56. The van der Waals surface area contributed by atoms with Crippen LogP contribution in [0.4, 0.5) is 0 Å². The molecular formula is C27H27NO2. The summed E-state index contributed by atoms with van der Waals surface area (Å²) < 4.78 is 0. The van der Waals surface area contributed by atoms with Gasteiger partial charge in [0.15, 0.2) is 0 Å². The Morgan fingerprint density at radius 2 is 1.13 bits per heavy atom. The van der Waals surface area contributed by atoms with Crippen molar-refractivity contribution in [3.05, 3.63) is 107 Å². The molecule has 1 heterocycles. The molecule has 3 aliphatic carbocycles. The molecule has 4 aliphatic rings. The van der Waals surface area contributed by atoms with E-state index >= 15 is 0 Å². The quantitative estimate of drug-likeness (QED) is 0.701. The molecule has 3 aromatic carbocycles. The number of rotatable bonds is 4. The molecule has 2 N–H and O–H groups in total. The Balaban J connectivity index is 1.37. The molecule has 152 valence electrons. The summed E-state index contributed by atoms with van der Waals surface area (Å²) in [7, 11) is 0. The highest BCUT2D eigenvalue weighted by atomic mass is 16.3. The van der Waals surface area contributed by atoms with Crippen LogP contribution < -0.4 is 0 Å². The van der Waals surface area contributed by atoms with Gasteiger partial charge in [-0.05, 0) is 39.7 Å². The van der Waals surface area contributed by atoms with Crippen LogP contribution in [0.5, 0.6) is 0 Å². The second kappa shape index (κ2) is 7.05. The topological polar surface area (TPSA) is 43.7 Å². The summed E-state index contributed by atoms with van der Waals surface area (Å²) in [5.41, 5.74) is 6.80. The minimum Gasteiger partial charge on any atom is -0.395 e. The first-order valence-corrected chi connectivity index (χ1v) is 11.0. The summed E-state index contributed by atoms with van der Waals surface area (Å²) >= 11 is 0. The third-order valence-corrected chi connectivity index (χ3v) is 7.79. The van der Waals surface area contributed by atoms with E-state index in [1.807, 2.05) is 30.3 Å². The van der Waals surface area contributed by atoms with Crippen LogP contribution >= 0.6 is 0 Å². The number of nitrogens with zero attached hydrogens (tertiary/aromatic N) is 1. The summed E-state index contributed by atoms with van der Waals surface area (Å²) in [6.07, 6.45) is -0.682. The fourth-order valence-electron chi connectivity index (χ4n) is 6.56. The lowest BCUT2D eigenvalue weighted by Crippen LogP contribution is -2.41. The van der Waals surface area contributed by atoms with Crippen LogP contribution in [0, 0.1) is 11.8 Å². The maximum atomic E-state index is 11.1. The van der Waals surface area contributed by atoms with E-state index in [4.69, 9.17) is 0 Å². The lowest BCUT2D eigenvalue weighted by atomic mass is 9.55. The van der Waals surface area contributed by atoms with Crippen LogP contribution in [0.2, 0.25) is 0 Å². The van der Waals surface area contributed by atoms with Crippen LogP contribution in [-0.4, -0.2) is 40.9 Å². The van der Waals surface area contributed by atoms with Gasteiger partial charge < -0.3 is 10.2 Å². The highest BCUT2D eigenvalue weighted by Crippen LogP contribution is 2.60. The van der Waals surface area contributed by atoms with Gasteiger partial charge in [0.1, 0.15) is 0 Å². The maximum Gasteiger partial charge on any atom is 0.0967 e. The van der Waals surface area contributed by atoms with E-state index < -0.39 is 6.10 Å². The number of likely N-dealkylation sites (tertiary alicyclic amines) is 1. The molecule has 30 heavy (non-hydrogen) atoms. The number of hydrogen-bond donors (Lipinski definition) is 2. The van der Waals surface area contributed by atoms with Gasteiger partial charge in [-0.25, -0.2) is 0 Å². The average molecular weight is 398 g/mol. The van der Waals surface area contributed by atoms with E-state index in [0.29, 0.717) is 23.7 Å². The molecule has 0 spiro atoms. The summed E-state index contributed by atoms with van der Waals surface area (Å²) in [6, 6.07) is 27.4. The Hall–Kier alpha value is -2.46. The second-order valence-corrected chi connectivity index (χ2v) is 9.10. The van der Waals surface area contributed by atoms with Gasteiger partial charge in [0.2, 0.25) is 0 Å². The van der Waals surface area contributed by atoms with Gasteiger partial charge in [0, 0.05) is 24.9 Å². The van der Waals surface area contributed by atoms with Gasteiger partial charge in [-0.15, -0.1) is 0 Å². The molecule has 2 unspecified atom stereocenters. The van der Waals surface area contributed by atoms with Crippen LogP contribution in [0.1, 0.15) is 45.8 Å². The molecule has 0 aromatic heterocycles. The molecule has 0 amide bonds. The number of benzene rings is 3. The first-order valence-electron chi connectivity index (χ1n) is 11.0. The Morgan fingerprint density at radius 3 is 1.57 bits per heavy atom. The highest BCUT2D eigenvalue weighted by molar-refractivity contribution is 5.57.